The van der Waals surface area contributed by atoms with Crippen molar-refractivity contribution in [3.05, 3.63) is 53.1 Å². The van der Waals surface area contributed by atoms with Crippen LogP contribution >= 0.6 is 0 Å². The van der Waals surface area contributed by atoms with E-state index in [1.165, 1.54) is 22.3 Å². The van der Waals surface area contributed by atoms with Crippen LogP contribution in [-0.2, 0) is 13.2 Å². The summed E-state index contributed by atoms with van der Waals surface area (Å²) >= 11 is 0. The molecular formula is C14H20BrN3. The maximum absolute atomic E-state index is 5.59. The van der Waals surface area contributed by atoms with Gasteiger partial charge >= 0.3 is 0 Å². The highest BCUT2D eigenvalue weighted by Crippen LogP contribution is 2.15. The lowest BCUT2D eigenvalue weighted by Crippen LogP contribution is -3.00. The van der Waals surface area contributed by atoms with E-state index in [1.54, 1.807) is 0 Å². The van der Waals surface area contributed by atoms with E-state index in [4.69, 9.17) is 5.73 Å². The summed E-state index contributed by atoms with van der Waals surface area (Å²) < 4.78 is 4.14. The van der Waals surface area contributed by atoms with E-state index < -0.39 is 0 Å². The maximum Gasteiger partial charge on any atom is 0.245 e. The van der Waals surface area contributed by atoms with Crippen LogP contribution in [0.25, 0.3) is 0 Å². The normalized spacial score (nSPS) is 10.2. The Hall–Kier alpha value is -1.13. The third kappa shape index (κ3) is 3.21. The van der Waals surface area contributed by atoms with E-state index in [1.807, 2.05) is 17.1 Å². The van der Waals surface area contributed by atoms with Crippen LogP contribution in [-0.4, -0.2) is 4.57 Å². The molecule has 0 saturated carbocycles. The molecule has 2 N–H and O–H groups in total. The van der Waals surface area contributed by atoms with Crippen LogP contribution in [0.4, 0.5) is 0 Å². The zero-order valence-corrected chi connectivity index (χ0v) is 12.7. The summed E-state index contributed by atoms with van der Waals surface area (Å²) in [6, 6.07) is 4.48. The van der Waals surface area contributed by atoms with Gasteiger partial charge in [0.2, 0.25) is 6.33 Å². The number of benzene rings is 1. The number of aromatic nitrogens is 2. The van der Waals surface area contributed by atoms with Gasteiger partial charge in [0.25, 0.3) is 0 Å². The molecular weight excluding hydrogens is 290 g/mol. The first-order chi connectivity index (χ1) is 8.10. The molecule has 1 aromatic carbocycles. The predicted molar refractivity (Wildman–Crippen MR) is 68.6 cm³/mol. The summed E-state index contributed by atoms with van der Waals surface area (Å²) in [7, 11) is 0. The standard InChI is InChI=1S/C14H20N3.BrH/c1-11-6-12(2)14(13(3)7-11)8-16-4-5-17(9-15)10-16;/h4-7,10H,8-9,15H2,1-3H3;1H/q+1;/p-1. The van der Waals surface area contributed by atoms with Gasteiger partial charge in [0, 0.05) is 0 Å². The average molecular weight is 310 g/mol. The number of halogens is 1. The van der Waals surface area contributed by atoms with Crippen LogP contribution < -0.4 is 27.3 Å². The minimum Gasteiger partial charge on any atom is -1.00 e. The number of rotatable bonds is 3. The van der Waals surface area contributed by atoms with Crippen LogP contribution in [0.2, 0.25) is 0 Å². The number of hydrogen-bond donors (Lipinski definition) is 1. The number of imidazole rings is 1. The SMILES string of the molecule is Cc1cc(C)c(C[n+]2ccn(CN)c2)c(C)c1.[Br-]. The summed E-state index contributed by atoms with van der Waals surface area (Å²) in [5, 5.41) is 0. The number of hydrogen-bond acceptors (Lipinski definition) is 1. The minimum atomic E-state index is 0. The molecule has 2 rings (SSSR count). The Morgan fingerprint density at radius 3 is 2.28 bits per heavy atom. The largest absolute Gasteiger partial charge is 1.00 e. The first-order valence-electron chi connectivity index (χ1n) is 5.92. The second-order valence-corrected chi connectivity index (χ2v) is 4.66. The van der Waals surface area contributed by atoms with Crippen LogP contribution in [0.3, 0.4) is 0 Å². The van der Waals surface area contributed by atoms with Crippen LogP contribution in [0.5, 0.6) is 0 Å². The lowest BCUT2D eigenvalue weighted by molar-refractivity contribution is -0.688. The van der Waals surface area contributed by atoms with Gasteiger partial charge in [-0.2, -0.15) is 0 Å². The zero-order valence-electron chi connectivity index (χ0n) is 11.2. The van der Waals surface area contributed by atoms with E-state index in [-0.39, 0.29) is 17.0 Å². The van der Waals surface area contributed by atoms with Gasteiger partial charge in [-0.15, -0.1) is 0 Å². The van der Waals surface area contributed by atoms with E-state index in [0.717, 1.165) is 6.54 Å². The van der Waals surface area contributed by atoms with Gasteiger partial charge in [0.1, 0.15) is 25.6 Å². The zero-order chi connectivity index (χ0) is 12.4. The summed E-state index contributed by atoms with van der Waals surface area (Å²) in [4.78, 5) is 0. The van der Waals surface area contributed by atoms with E-state index in [9.17, 15) is 0 Å². The van der Waals surface area contributed by atoms with Gasteiger partial charge in [0.05, 0.1) is 0 Å². The molecule has 4 heteroatoms. The second kappa shape index (κ2) is 6.16. The van der Waals surface area contributed by atoms with Gasteiger partial charge < -0.3 is 17.0 Å². The van der Waals surface area contributed by atoms with Crippen LogP contribution in [0.15, 0.2) is 30.9 Å². The molecule has 1 heterocycles. The van der Waals surface area contributed by atoms with Crippen molar-refractivity contribution in [3.63, 3.8) is 0 Å². The van der Waals surface area contributed by atoms with Crippen molar-refractivity contribution in [2.45, 2.75) is 34.0 Å². The van der Waals surface area contributed by atoms with Crippen LogP contribution in [0.1, 0.15) is 22.3 Å². The molecule has 0 bridgehead atoms. The Balaban J connectivity index is 0.00000162. The fraction of sp³-hybridized carbons (Fsp3) is 0.357. The maximum atomic E-state index is 5.59. The van der Waals surface area contributed by atoms with Crippen molar-refractivity contribution < 1.29 is 21.5 Å². The summed E-state index contributed by atoms with van der Waals surface area (Å²) in [5.74, 6) is 0. The molecule has 0 atom stereocenters. The Labute approximate surface area is 119 Å². The lowest BCUT2D eigenvalue weighted by Gasteiger charge is -2.09. The predicted octanol–water partition coefficient (Wildman–Crippen LogP) is -1.33. The molecule has 98 valence electrons. The highest BCUT2D eigenvalue weighted by atomic mass is 79.9. The molecule has 1 aromatic heterocycles. The third-order valence-corrected chi connectivity index (χ3v) is 3.14. The van der Waals surface area contributed by atoms with Gasteiger partial charge in [0.15, 0.2) is 0 Å². The third-order valence-electron chi connectivity index (χ3n) is 3.14. The first-order valence-corrected chi connectivity index (χ1v) is 5.92. The van der Waals surface area contributed by atoms with Gasteiger partial charge in [-0.25, -0.2) is 9.13 Å². The van der Waals surface area contributed by atoms with Crippen molar-refractivity contribution >= 4 is 0 Å². The van der Waals surface area contributed by atoms with E-state index in [2.05, 4.69) is 43.7 Å². The topological polar surface area (TPSA) is 34.8 Å². The Kier molecular flexibility index (Phi) is 5.11. The van der Waals surface area contributed by atoms with Crippen molar-refractivity contribution in [1.29, 1.82) is 0 Å². The molecule has 0 amide bonds. The lowest BCUT2D eigenvalue weighted by atomic mass is 10.00. The molecule has 18 heavy (non-hydrogen) atoms. The van der Waals surface area contributed by atoms with Crippen LogP contribution in [0, 0.1) is 20.8 Å². The van der Waals surface area contributed by atoms with E-state index >= 15 is 0 Å². The molecule has 2 aromatic rings. The monoisotopic (exact) mass is 309 g/mol. The summed E-state index contributed by atoms with van der Waals surface area (Å²) in [6.07, 6.45) is 6.10. The molecule has 0 aliphatic rings. The Morgan fingerprint density at radius 1 is 1.17 bits per heavy atom. The van der Waals surface area contributed by atoms with Crippen molar-refractivity contribution in [2.24, 2.45) is 5.73 Å². The Morgan fingerprint density at radius 2 is 1.78 bits per heavy atom. The Bertz CT molecular complexity index is 509. The highest BCUT2D eigenvalue weighted by Gasteiger charge is 2.08. The first kappa shape index (κ1) is 14.9. The molecule has 0 aliphatic heterocycles. The number of aryl methyl sites for hydroxylation is 3. The molecule has 0 fully saturated rings. The summed E-state index contributed by atoms with van der Waals surface area (Å²) in [5.41, 5.74) is 11.0. The molecule has 0 saturated heterocycles. The molecule has 0 radical (unpaired) electrons. The van der Waals surface area contributed by atoms with E-state index in [0.29, 0.717) is 6.67 Å². The minimum absolute atomic E-state index is 0. The quantitative estimate of drug-likeness (QED) is 0.701. The van der Waals surface area contributed by atoms with Gasteiger partial charge in [-0.1, -0.05) is 17.7 Å². The summed E-state index contributed by atoms with van der Waals surface area (Å²) in [6.45, 7) is 7.93. The van der Waals surface area contributed by atoms with Crippen molar-refractivity contribution in [2.75, 3.05) is 0 Å². The number of nitrogens with zero attached hydrogens (tertiary/aromatic N) is 2. The average Bonchev–Trinajstić information content (AvgIpc) is 2.71. The molecule has 0 aliphatic carbocycles. The van der Waals surface area contributed by atoms with Gasteiger partial charge in [-0.3, -0.25) is 5.73 Å². The fourth-order valence-electron chi connectivity index (χ4n) is 2.28. The number of nitrogens with two attached hydrogens (primary N) is 1. The molecule has 0 unspecified atom stereocenters. The fourth-order valence-corrected chi connectivity index (χ4v) is 2.28. The second-order valence-electron chi connectivity index (χ2n) is 4.66. The molecule has 3 nitrogen and oxygen atoms in total. The van der Waals surface area contributed by atoms with Gasteiger partial charge in [-0.05, 0) is 37.5 Å². The highest BCUT2D eigenvalue weighted by molar-refractivity contribution is 5.36. The smallest absolute Gasteiger partial charge is 0.245 e. The van der Waals surface area contributed by atoms with Crippen molar-refractivity contribution in [3.8, 4) is 0 Å². The van der Waals surface area contributed by atoms with Crippen molar-refractivity contribution in [1.82, 2.24) is 4.57 Å². The molecule has 0 spiro atoms.